The van der Waals surface area contributed by atoms with E-state index in [4.69, 9.17) is 37.4 Å². The lowest BCUT2D eigenvalue weighted by Crippen LogP contribution is -2.25. The highest BCUT2D eigenvalue weighted by atomic mass is 35.5. The summed E-state index contributed by atoms with van der Waals surface area (Å²) in [4.78, 5) is 37.6. The van der Waals surface area contributed by atoms with Crippen LogP contribution in [0.5, 0.6) is 0 Å². The summed E-state index contributed by atoms with van der Waals surface area (Å²) in [7, 11) is 0. The monoisotopic (exact) mass is 454 g/mol. The summed E-state index contributed by atoms with van der Waals surface area (Å²) in [5.41, 5.74) is -0.518. The Labute approximate surface area is 183 Å². The van der Waals surface area contributed by atoms with Crippen LogP contribution in [0.4, 0.5) is 10.5 Å². The molecule has 2 aromatic rings. The maximum Gasteiger partial charge on any atom is 0.430 e. The zero-order chi connectivity index (χ0) is 21.8. The van der Waals surface area contributed by atoms with Gasteiger partial charge in [-0.15, -0.1) is 0 Å². The lowest BCUT2D eigenvalue weighted by molar-refractivity contribution is 0.0512. The standard InChI is InChI=1S/C20H20Cl2N2O6/c1-3-14(21)29-20(27)24(22)13-7-5-6-12(10-13)17(25)15-16(19(26)28-4-2)23-30-18(15)11-8-9-11/h5-7,10-11,14H,3-4,8-9H2,1-2H3. The molecule has 1 aliphatic rings. The molecule has 1 unspecified atom stereocenters. The van der Waals surface area contributed by atoms with Crippen molar-refractivity contribution in [3.8, 4) is 0 Å². The number of hydrogen-bond donors (Lipinski definition) is 0. The summed E-state index contributed by atoms with van der Waals surface area (Å²) in [5, 5.41) is 3.77. The summed E-state index contributed by atoms with van der Waals surface area (Å²) >= 11 is 11.9. The highest BCUT2D eigenvalue weighted by molar-refractivity contribution is 6.36. The number of nitrogens with zero attached hydrogens (tertiary/aromatic N) is 2. The molecule has 8 nitrogen and oxygen atoms in total. The van der Waals surface area contributed by atoms with Gasteiger partial charge in [-0.1, -0.05) is 35.8 Å². The van der Waals surface area contributed by atoms with E-state index in [-0.39, 0.29) is 35.0 Å². The number of aromatic nitrogens is 1. The van der Waals surface area contributed by atoms with E-state index in [9.17, 15) is 14.4 Å². The minimum Gasteiger partial charge on any atom is -0.461 e. The SMILES string of the molecule is CCOC(=O)c1noc(C2CC2)c1C(=O)c1cccc(N(Cl)C(=O)OC(Cl)CC)c1. The van der Waals surface area contributed by atoms with E-state index >= 15 is 0 Å². The van der Waals surface area contributed by atoms with Crippen molar-refractivity contribution in [2.45, 2.75) is 44.6 Å². The second-order valence-corrected chi connectivity index (χ2v) is 7.45. The molecular formula is C20H20Cl2N2O6. The van der Waals surface area contributed by atoms with Gasteiger partial charge in [-0.3, -0.25) is 4.79 Å². The first-order valence-electron chi connectivity index (χ1n) is 9.49. The van der Waals surface area contributed by atoms with Gasteiger partial charge in [-0.05, 0) is 38.3 Å². The number of carbonyl (C=O) groups excluding carboxylic acids is 3. The number of rotatable bonds is 8. The molecule has 1 amide bonds. The Morgan fingerprint density at radius 1 is 1.30 bits per heavy atom. The van der Waals surface area contributed by atoms with E-state index in [0.29, 0.717) is 12.2 Å². The van der Waals surface area contributed by atoms with E-state index < -0.39 is 23.4 Å². The zero-order valence-corrected chi connectivity index (χ0v) is 17.9. The van der Waals surface area contributed by atoms with Crippen LogP contribution in [-0.4, -0.2) is 35.2 Å². The normalized spacial score (nSPS) is 14.1. The second-order valence-electron chi connectivity index (χ2n) is 6.63. The number of benzene rings is 1. The number of esters is 1. The van der Waals surface area contributed by atoms with Crippen molar-refractivity contribution in [2.75, 3.05) is 11.0 Å². The lowest BCUT2D eigenvalue weighted by atomic mass is 9.99. The molecule has 3 rings (SSSR count). The fraction of sp³-hybridized carbons (Fsp3) is 0.400. The second kappa shape index (κ2) is 9.49. The minimum atomic E-state index is -0.876. The first kappa shape index (κ1) is 22.1. The van der Waals surface area contributed by atoms with E-state index in [1.165, 1.54) is 18.2 Å². The van der Waals surface area contributed by atoms with Gasteiger partial charge in [0.25, 0.3) is 0 Å². The molecule has 1 heterocycles. The Morgan fingerprint density at radius 2 is 2.03 bits per heavy atom. The first-order valence-corrected chi connectivity index (χ1v) is 10.3. The van der Waals surface area contributed by atoms with Gasteiger partial charge in [0.15, 0.2) is 17.1 Å². The summed E-state index contributed by atoms with van der Waals surface area (Å²) in [6, 6.07) is 6.03. The van der Waals surface area contributed by atoms with Crippen molar-refractivity contribution in [1.29, 1.82) is 0 Å². The number of amides is 1. The molecule has 1 atom stereocenters. The molecule has 1 saturated carbocycles. The van der Waals surface area contributed by atoms with E-state index in [0.717, 1.165) is 17.3 Å². The number of ketones is 1. The third-order valence-corrected chi connectivity index (χ3v) is 5.14. The first-order chi connectivity index (χ1) is 14.4. The average Bonchev–Trinajstić information content (AvgIpc) is 3.50. The van der Waals surface area contributed by atoms with Gasteiger partial charge in [0.2, 0.25) is 5.69 Å². The molecule has 1 aliphatic carbocycles. The summed E-state index contributed by atoms with van der Waals surface area (Å²) in [5.74, 6) is -0.811. The van der Waals surface area contributed by atoms with E-state index in [1.54, 1.807) is 19.9 Å². The van der Waals surface area contributed by atoms with Crippen LogP contribution >= 0.6 is 23.4 Å². The van der Waals surface area contributed by atoms with E-state index in [1.807, 2.05) is 0 Å². The Bertz CT molecular complexity index is 957. The van der Waals surface area contributed by atoms with Gasteiger partial charge in [-0.2, -0.15) is 4.42 Å². The molecule has 0 radical (unpaired) electrons. The minimum absolute atomic E-state index is 0.0389. The van der Waals surface area contributed by atoms with Crippen molar-refractivity contribution in [3.63, 3.8) is 0 Å². The highest BCUT2D eigenvalue weighted by Crippen LogP contribution is 2.43. The third-order valence-electron chi connectivity index (χ3n) is 4.41. The predicted octanol–water partition coefficient (Wildman–Crippen LogP) is 5.03. The Kier molecular flexibility index (Phi) is 6.99. The number of anilines is 1. The Hall–Kier alpha value is -2.58. The number of halogens is 2. The molecular weight excluding hydrogens is 435 g/mol. The molecule has 0 aliphatic heterocycles. The van der Waals surface area contributed by atoms with Crippen molar-refractivity contribution in [2.24, 2.45) is 0 Å². The molecule has 0 spiro atoms. The molecule has 1 aromatic heterocycles. The molecule has 160 valence electrons. The molecule has 30 heavy (non-hydrogen) atoms. The van der Waals surface area contributed by atoms with Crippen LogP contribution in [-0.2, 0) is 9.47 Å². The van der Waals surface area contributed by atoms with Crippen LogP contribution < -0.4 is 4.42 Å². The Morgan fingerprint density at radius 3 is 2.67 bits per heavy atom. The summed E-state index contributed by atoms with van der Waals surface area (Å²) in [6.45, 7) is 3.54. The van der Waals surface area contributed by atoms with Crippen LogP contribution in [0.1, 0.15) is 71.2 Å². The Balaban J connectivity index is 1.91. The maximum absolute atomic E-state index is 13.3. The van der Waals surface area contributed by atoms with Crippen LogP contribution in [0, 0.1) is 0 Å². The molecule has 0 bridgehead atoms. The fourth-order valence-corrected chi connectivity index (χ4v) is 2.96. The predicted molar refractivity (Wildman–Crippen MR) is 109 cm³/mol. The fourth-order valence-electron chi connectivity index (χ4n) is 2.74. The van der Waals surface area contributed by atoms with Crippen LogP contribution in [0.3, 0.4) is 0 Å². The average molecular weight is 455 g/mol. The van der Waals surface area contributed by atoms with Gasteiger partial charge in [0, 0.05) is 23.3 Å². The van der Waals surface area contributed by atoms with Crippen molar-refractivity contribution in [1.82, 2.24) is 5.16 Å². The lowest BCUT2D eigenvalue weighted by Gasteiger charge is -2.16. The maximum atomic E-state index is 13.3. The van der Waals surface area contributed by atoms with Gasteiger partial charge in [0.1, 0.15) is 5.56 Å². The number of ether oxygens (including phenoxy) is 2. The molecule has 1 aromatic carbocycles. The van der Waals surface area contributed by atoms with Crippen LogP contribution in [0.15, 0.2) is 28.8 Å². The largest absolute Gasteiger partial charge is 0.461 e. The van der Waals surface area contributed by atoms with Gasteiger partial charge in [-0.25, -0.2) is 9.59 Å². The molecule has 1 fully saturated rings. The number of alkyl halides is 1. The molecule has 0 N–H and O–H groups in total. The summed E-state index contributed by atoms with van der Waals surface area (Å²) < 4.78 is 16.0. The zero-order valence-electron chi connectivity index (χ0n) is 16.4. The highest BCUT2D eigenvalue weighted by Gasteiger charge is 2.37. The van der Waals surface area contributed by atoms with Crippen molar-refractivity contribution in [3.05, 3.63) is 46.8 Å². The van der Waals surface area contributed by atoms with Gasteiger partial charge < -0.3 is 14.0 Å². The van der Waals surface area contributed by atoms with E-state index in [2.05, 4.69) is 5.16 Å². The van der Waals surface area contributed by atoms with Gasteiger partial charge in [0.05, 0.1) is 12.3 Å². The smallest absolute Gasteiger partial charge is 0.430 e. The van der Waals surface area contributed by atoms with Crippen LogP contribution in [0.25, 0.3) is 0 Å². The number of hydrogen-bond acceptors (Lipinski definition) is 7. The third kappa shape index (κ3) is 4.76. The van der Waals surface area contributed by atoms with Crippen molar-refractivity contribution < 1.29 is 28.4 Å². The summed E-state index contributed by atoms with van der Waals surface area (Å²) in [6.07, 6.45) is 1.22. The number of carbonyl (C=O) groups is 3. The quantitative estimate of drug-likeness (QED) is 0.238. The van der Waals surface area contributed by atoms with Crippen LogP contribution in [0.2, 0.25) is 0 Å². The van der Waals surface area contributed by atoms with Gasteiger partial charge >= 0.3 is 12.1 Å². The molecule has 0 saturated heterocycles. The molecule has 10 heteroatoms. The van der Waals surface area contributed by atoms with Crippen molar-refractivity contribution >= 4 is 46.9 Å². The topological polar surface area (TPSA) is 98.9 Å².